The second-order valence-corrected chi connectivity index (χ2v) is 5.15. The van der Waals surface area contributed by atoms with Crippen molar-refractivity contribution >= 4 is 21.7 Å². The third-order valence-corrected chi connectivity index (χ3v) is 2.65. The summed E-state index contributed by atoms with van der Waals surface area (Å²) >= 11 is 2.81. The summed E-state index contributed by atoms with van der Waals surface area (Å²) in [5.74, 6) is -0.850. The van der Waals surface area contributed by atoms with E-state index in [1.54, 1.807) is 0 Å². The molecule has 1 aromatic carbocycles. The average Bonchev–Trinajstić information content (AvgIpc) is 2.24. The molecule has 0 saturated heterocycles. The summed E-state index contributed by atoms with van der Waals surface area (Å²) in [6.07, 6.45) is -9.91. The topological polar surface area (TPSA) is 17.1 Å². The maximum Gasteiger partial charge on any atom is 0.416 e. The highest BCUT2D eigenvalue weighted by atomic mass is 79.9. The van der Waals surface area contributed by atoms with Gasteiger partial charge in [0.1, 0.15) is 0 Å². The van der Waals surface area contributed by atoms with Gasteiger partial charge in [0, 0.05) is 5.56 Å². The number of carbonyl (C=O) groups is 1. The smallest absolute Gasteiger partial charge is 0.293 e. The first-order valence-corrected chi connectivity index (χ1v) is 5.82. The summed E-state index contributed by atoms with van der Waals surface area (Å²) in [7, 11) is 0. The Morgan fingerprint density at radius 1 is 1.00 bits per heavy atom. The molecule has 0 aliphatic heterocycles. The molecule has 0 N–H and O–H groups in total. The van der Waals surface area contributed by atoms with Crippen LogP contribution in [0.3, 0.4) is 0 Å². The fourth-order valence-corrected chi connectivity index (χ4v) is 1.59. The number of Topliss-reactive ketones (excluding diaryl/α,β-unsaturated/α-hetero) is 1. The van der Waals surface area contributed by atoms with Crippen molar-refractivity contribution in [3.05, 3.63) is 34.9 Å². The number of halogens is 7. The Hall–Kier alpha value is -1.05. The Morgan fingerprint density at radius 2 is 1.37 bits per heavy atom. The van der Waals surface area contributed by atoms with Crippen LogP contribution in [0, 0.1) is 0 Å². The van der Waals surface area contributed by atoms with Gasteiger partial charge in [-0.05, 0) is 25.1 Å². The van der Waals surface area contributed by atoms with E-state index in [9.17, 15) is 31.1 Å². The second kappa shape index (κ2) is 5.15. The van der Waals surface area contributed by atoms with Gasteiger partial charge in [0.25, 0.3) is 0 Å². The lowest BCUT2D eigenvalue weighted by molar-refractivity contribution is -0.143. The van der Waals surface area contributed by atoms with Crippen LogP contribution in [0.4, 0.5) is 26.3 Å². The summed E-state index contributed by atoms with van der Waals surface area (Å²) in [6.45, 7) is 1.32. The van der Waals surface area contributed by atoms with Gasteiger partial charge >= 0.3 is 12.4 Å². The minimum atomic E-state index is -4.95. The number of hydrogen-bond acceptors (Lipinski definition) is 1. The first kappa shape index (κ1) is 16.0. The minimum Gasteiger partial charge on any atom is -0.293 e. The third-order valence-electron chi connectivity index (χ3n) is 2.23. The number of carbonyl (C=O) groups excluding carboxylic acids is 1. The van der Waals surface area contributed by atoms with Crippen LogP contribution < -0.4 is 0 Å². The highest BCUT2D eigenvalue weighted by Gasteiger charge is 2.37. The number of rotatable bonds is 2. The Kier molecular flexibility index (Phi) is 4.33. The zero-order valence-electron chi connectivity index (χ0n) is 9.36. The first-order valence-electron chi connectivity index (χ1n) is 4.90. The Labute approximate surface area is 112 Å². The van der Waals surface area contributed by atoms with E-state index < -0.39 is 39.7 Å². The number of benzene rings is 1. The first-order chi connectivity index (χ1) is 8.43. The van der Waals surface area contributed by atoms with Crippen LogP contribution in [0.25, 0.3) is 0 Å². The van der Waals surface area contributed by atoms with Crippen LogP contribution in [0.15, 0.2) is 18.2 Å². The molecule has 1 atom stereocenters. The highest BCUT2D eigenvalue weighted by molar-refractivity contribution is 9.10. The van der Waals surface area contributed by atoms with E-state index in [4.69, 9.17) is 0 Å². The summed E-state index contributed by atoms with van der Waals surface area (Å²) < 4.78 is 75.1. The van der Waals surface area contributed by atoms with Crippen LogP contribution in [0.2, 0.25) is 0 Å². The molecule has 0 amide bonds. The molecule has 8 heteroatoms. The molecular weight excluding hydrogens is 342 g/mol. The molecular formula is C11H7BrF6O. The zero-order chi connectivity index (χ0) is 15.0. The van der Waals surface area contributed by atoms with Gasteiger partial charge in [0.15, 0.2) is 5.78 Å². The molecule has 0 unspecified atom stereocenters. The van der Waals surface area contributed by atoms with Gasteiger partial charge in [-0.15, -0.1) is 0 Å². The molecule has 19 heavy (non-hydrogen) atoms. The Morgan fingerprint density at radius 3 is 1.63 bits per heavy atom. The van der Waals surface area contributed by atoms with Crippen molar-refractivity contribution in [1.82, 2.24) is 0 Å². The van der Waals surface area contributed by atoms with E-state index in [1.165, 1.54) is 6.92 Å². The zero-order valence-corrected chi connectivity index (χ0v) is 10.9. The van der Waals surface area contributed by atoms with Crippen molar-refractivity contribution in [2.45, 2.75) is 24.1 Å². The summed E-state index contributed by atoms with van der Waals surface area (Å²) in [4.78, 5) is 10.6. The van der Waals surface area contributed by atoms with Gasteiger partial charge in [0.2, 0.25) is 0 Å². The van der Waals surface area contributed by atoms with Gasteiger partial charge in [-0.3, -0.25) is 4.79 Å². The van der Waals surface area contributed by atoms with Gasteiger partial charge in [-0.2, -0.15) is 26.3 Å². The normalized spacial score (nSPS) is 14.3. The predicted molar refractivity (Wildman–Crippen MR) is 59.2 cm³/mol. The molecule has 0 heterocycles. The summed E-state index contributed by atoms with van der Waals surface area (Å²) in [5, 5.41) is 0. The van der Waals surface area contributed by atoms with Crippen molar-refractivity contribution in [2.24, 2.45) is 0 Å². The molecule has 0 spiro atoms. The van der Waals surface area contributed by atoms with Gasteiger partial charge < -0.3 is 0 Å². The second-order valence-electron chi connectivity index (χ2n) is 3.77. The molecule has 0 fully saturated rings. The van der Waals surface area contributed by atoms with Crippen molar-refractivity contribution in [3.8, 4) is 0 Å². The van der Waals surface area contributed by atoms with Crippen LogP contribution in [-0.4, -0.2) is 10.6 Å². The Bertz CT molecular complexity index is 457. The van der Waals surface area contributed by atoms with E-state index in [-0.39, 0.29) is 6.07 Å². The molecule has 1 rings (SSSR count). The van der Waals surface area contributed by atoms with Gasteiger partial charge in [0.05, 0.1) is 16.0 Å². The van der Waals surface area contributed by atoms with Crippen LogP contribution >= 0.6 is 15.9 Å². The van der Waals surface area contributed by atoms with Crippen molar-refractivity contribution in [1.29, 1.82) is 0 Å². The van der Waals surface area contributed by atoms with Crippen molar-refractivity contribution < 1.29 is 31.1 Å². The lowest BCUT2D eigenvalue weighted by Crippen LogP contribution is -2.16. The molecule has 0 aliphatic carbocycles. The van der Waals surface area contributed by atoms with E-state index in [2.05, 4.69) is 15.9 Å². The lowest BCUT2D eigenvalue weighted by atomic mass is 10.0. The third kappa shape index (κ3) is 3.95. The SMILES string of the molecule is C[C@@H](Br)C(=O)c1cc(C(F)(F)F)cc(C(F)(F)F)c1. The standard InChI is InChI=1S/C11H7BrF6O/c1-5(12)9(19)6-2-7(10(13,14)15)4-8(3-6)11(16,17)18/h2-5H,1H3/t5-/m1/s1. The number of hydrogen-bond donors (Lipinski definition) is 0. The van der Waals surface area contributed by atoms with Crippen molar-refractivity contribution in [2.75, 3.05) is 0 Å². The monoisotopic (exact) mass is 348 g/mol. The van der Waals surface area contributed by atoms with Gasteiger partial charge in [-0.1, -0.05) is 15.9 Å². The molecule has 0 saturated carbocycles. The molecule has 0 aromatic heterocycles. The van der Waals surface area contributed by atoms with Gasteiger partial charge in [-0.25, -0.2) is 0 Å². The minimum absolute atomic E-state index is 0.0182. The van der Waals surface area contributed by atoms with E-state index in [0.29, 0.717) is 12.1 Å². The highest BCUT2D eigenvalue weighted by Crippen LogP contribution is 2.36. The predicted octanol–water partition coefficient (Wildman–Crippen LogP) is 4.69. The van der Waals surface area contributed by atoms with Crippen LogP contribution in [0.5, 0.6) is 0 Å². The summed E-state index contributed by atoms with van der Waals surface area (Å²) in [5.41, 5.74) is -3.64. The fourth-order valence-electron chi connectivity index (χ4n) is 1.33. The molecule has 0 bridgehead atoms. The Balaban J connectivity index is 3.46. The van der Waals surface area contributed by atoms with E-state index in [0.717, 1.165) is 0 Å². The number of ketones is 1. The molecule has 106 valence electrons. The quantitative estimate of drug-likeness (QED) is 0.430. The van der Waals surface area contributed by atoms with Crippen molar-refractivity contribution in [3.63, 3.8) is 0 Å². The summed E-state index contributed by atoms with van der Waals surface area (Å²) in [6, 6.07) is 0.806. The van der Waals surface area contributed by atoms with E-state index in [1.807, 2.05) is 0 Å². The molecule has 1 aromatic rings. The number of alkyl halides is 7. The largest absolute Gasteiger partial charge is 0.416 e. The average molecular weight is 349 g/mol. The van der Waals surface area contributed by atoms with Crippen LogP contribution in [-0.2, 0) is 12.4 Å². The maximum atomic E-state index is 12.5. The molecule has 0 aliphatic rings. The van der Waals surface area contributed by atoms with Crippen LogP contribution in [0.1, 0.15) is 28.4 Å². The molecule has 0 radical (unpaired) electrons. The maximum absolute atomic E-state index is 12.5. The van der Waals surface area contributed by atoms with E-state index >= 15 is 0 Å². The molecule has 1 nitrogen and oxygen atoms in total. The lowest BCUT2D eigenvalue weighted by Gasteiger charge is -2.14. The fraction of sp³-hybridized carbons (Fsp3) is 0.364.